The van der Waals surface area contributed by atoms with Crippen LogP contribution in [-0.2, 0) is 19.1 Å². The zero-order valence-electron chi connectivity index (χ0n) is 17.2. The van der Waals surface area contributed by atoms with E-state index in [1.165, 1.54) is 4.90 Å². The third kappa shape index (κ3) is 5.03. The molecule has 0 radical (unpaired) electrons. The van der Waals surface area contributed by atoms with Crippen LogP contribution in [0.25, 0.3) is 0 Å². The Morgan fingerprint density at radius 1 is 0.900 bits per heavy atom. The van der Waals surface area contributed by atoms with Gasteiger partial charge in [-0.15, -0.1) is 0 Å². The van der Waals surface area contributed by atoms with Gasteiger partial charge >= 0.3 is 0 Å². The van der Waals surface area contributed by atoms with Gasteiger partial charge in [-0.3, -0.25) is 24.1 Å². The molecule has 0 aromatic heterocycles. The number of hydrogen-bond acceptors (Lipinski definition) is 6. The molecule has 1 fully saturated rings. The molecule has 2 aliphatic heterocycles. The molecule has 2 aliphatic rings. The maximum absolute atomic E-state index is 12.5. The maximum Gasteiger partial charge on any atom is 0.261 e. The predicted molar refractivity (Wildman–Crippen MR) is 107 cm³/mol. The number of carbonyl (C=O) groups is 4. The lowest BCUT2D eigenvalue weighted by molar-refractivity contribution is -0.142. The van der Waals surface area contributed by atoms with Crippen LogP contribution in [0.2, 0.25) is 0 Å². The minimum absolute atomic E-state index is 0.0115. The molecule has 1 aromatic carbocycles. The number of methoxy groups -OCH3 is 1. The lowest BCUT2D eigenvalue weighted by atomic mass is 10.1. The Morgan fingerprint density at radius 3 is 2.03 bits per heavy atom. The van der Waals surface area contributed by atoms with Crippen molar-refractivity contribution in [2.75, 3.05) is 59.7 Å². The molecule has 2 heterocycles. The normalized spacial score (nSPS) is 16.2. The molecule has 162 valence electrons. The van der Waals surface area contributed by atoms with Crippen molar-refractivity contribution in [1.82, 2.24) is 14.7 Å². The van der Waals surface area contributed by atoms with Gasteiger partial charge in [-0.25, -0.2) is 0 Å². The van der Waals surface area contributed by atoms with E-state index in [0.29, 0.717) is 56.9 Å². The Balaban J connectivity index is 1.37. The Kier molecular flexibility index (Phi) is 7.53. The molecule has 30 heavy (non-hydrogen) atoms. The summed E-state index contributed by atoms with van der Waals surface area (Å²) < 4.78 is 10.1. The molecule has 0 spiro atoms. The van der Waals surface area contributed by atoms with Crippen LogP contribution in [0, 0.1) is 0 Å². The van der Waals surface area contributed by atoms with Crippen molar-refractivity contribution >= 4 is 23.6 Å². The number of ether oxygens (including phenoxy) is 2. The quantitative estimate of drug-likeness (QED) is 0.426. The van der Waals surface area contributed by atoms with E-state index in [1.54, 1.807) is 41.2 Å². The summed E-state index contributed by atoms with van der Waals surface area (Å²) in [4.78, 5) is 53.9. The zero-order chi connectivity index (χ0) is 21.5. The van der Waals surface area contributed by atoms with E-state index >= 15 is 0 Å². The number of imide groups is 1. The molecular weight excluding hydrogens is 390 g/mol. The van der Waals surface area contributed by atoms with Gasteiger partial charge in [0, 0.05) is 46.3 Å². The first-order chi connectivity index (χ1) is 14.5. The van der Waals surface area contributed by atoms with Crippen LogP contribution in [0.5, 0.6) is 0 Å². The van der Waals surface area contributed by atoms with Gasteiger partial charge in [0.2, 0.25) is 11.8 Å². The second kappa shape index (κ2) is 10.3. The SMILES string of the molecule is COCCOCC(=O)N1CCN(C(=O)CCCN2C(=O)c3ccccc3C2=O)CC1. The summed E-state index contributed by atoms with van der Waals surface area (Å²) in [6.45, 7) is 2.91. The average molecular weight is 417 g/mol. The van der Waals surface area contributed by atoms with Gasteiger partial charge in [0.1, 0.15) is 6.61 Å². The van der Waals surface area contributed by atoms with E-state index in [2.05, 4.69) is 0 Å². The average Bonchev–Trinajstić information content (AvgIpc) is 3.01. The highest BCUT2D eigenvalue weighted by atomic mass is 16.5. The number of rotatable bonds is 9. The van der Waals surface area contributed by atoms with Gasteiger partial charge in [0.15, 0.2) is 0 Å². The molecule has 3 rings (SSSR count). The first kappa shape index (κ1) is 21.9. The largest absolute Gasteiger partial charge is 0.382 e. The van der Waals surface area contributed by atoms with Crippen molar-refractivity contribution in [2.24, 2.45) is 0 Å². The summed E-state index contributed by atoms with van der Waals surface area (Å²) >= 11 is 0. The third-order valence-corrected chi connectivity index (χ3v) is 5.29. The summed E-state index contributed by atoms with van der Waals surface area (Å²) in [5, 5.41) is 0. The molecule has 0 N–H and O–H groups in total. The van der Waals surface area contributed by atoms with E-state index in [-0.39, 0.29) is 43.2 Å². The molecule has 0 atom stereocenters. The molecule has 1 saturated heterocycles. The second-order valence-electron chi connectivity index (χ2n) is 7.22. The van der Waals surface area contributed by atoms with Crippen molar-refractivity contribution < 1.29 is 28.7 Å². The van der Waals surface area contributed by atoms with E-state index in [4.69, 9.17) is 9.47 Å². The Morgan fingerprint density at radius 2 is 1.47 bits per heavy atom. The van der Waals surface area contributed by atoms with Crippen molar-refractivity contribution in [3.8, 4) is 0 Å². The Bertz CT molecular complexity index is 769. The standard InChI is InChI=1S/C21H27N3O6/c1-29-13-14-30-15-19(26)23-11-9-22(10-12-23)18(25)7-4-8-24-20(27)16-5-2-3-6-17(16)21(24)28/h2-3,5-6H,4,7-15H2,1H3. The van der Waals surface area contributed by atoms with E-state index in [1.807, 2.05) is 0 Å². The summed E-state index contributed by atoms with van der Waals surface area (Å²) in [5.74, 6) is -0.732. The van der Waals surface area contributed by atoms with Crippen LogP contribution in [0.4, 0.5) is 0 Å². The van der Waals surface area contributed by atoms with Crippen molar-refractivity contribution in [3.63, 3.8) is 0 Å². The van der Waals surface area contributed by atoms with E-state index < -0.39 is 0 Å². The van der Waals surface area contributed by atoms with Gasteiger partial charge in [-0.05, 0) is 18.6 Å². The van der Waals surface area contributed by atoms with Crippen molar-refractivity contribution in [2.45, 2.75) is 12.8 Å². The van der Waals surface area contributed by atoms with Gasteiger partial charge in [-0.1, -0.05) is 12.1 Å². The number of benzene rings is 1. The summed E-state index contributed by atoms with van der Waals surface area (Å²) in [6, 6.07) is 6.74. The van der Waals surface area contributed by atoms with E-state index in [9.17, 15) is 19.2 Å². The molecule has 9 heteroatoms. The Hall–Kier alpha value is -2.78. The summed E-state index contributed by atoms with van der Waals surface area (Å²) in [6.07, 6.45) is 0.665. The van der Waals surface area contributed by atoms with Crippen LogP contribution < -0.4 is 0 Å². The number of piperazine rings is 1. The van der Waals surface area contributed by atoms with Crippen LogP contribution >= 0.6 is 0 Å². The molecule has 1 aromatic rings. The van der Waals surface area contributed by atoms with Gasteiger partial charge < -0.3 is 19.3 Å². The van der Waals surface area contributed by atoms with Gasteiger partial charge in [-0.2, -0.15) is 0 Å². The van der Waals surface area contributed by atoms with Gasteiger partial charge in [0.05, 0.1) is 24.3 Å². The van der Waals surface area contributed by atoms with Crippen LogP contribution in [0.1, 0.15) is 33.6 Å². The zero-order valence-corrected chi connectivity index (χ0v) is 17.2. The first-order valence-electron chi connectivity index (χ1n) is 10.1. The number of nitrogens with zero attached hydrogens (tertiary/aromatic N) is 3. The van der Waals surface area contributed by atoms with E-state index in [0.717, 1.165) is 0 Å². The fourth-order valence-corrected chi connectivity index (χ4v) is 3.59. The highest BCUT2D eigenvalue weighted by Crippen LogP contribution is 2.22. The fourth-order valence-electron chi connectivity index (χ4n) is 3.59. The molecule has 0 aliphatic carbocycles. The molecule has 0 bridgehead atoms. The first-order valence-corrected chi connectivity index (χ1v) is 10.1. The molecule has 0 saturated carbocycles. The Labute approximate surface area is 175 Å². The van der Waals surface area contributed by atoms with Crippen LogP contribution in [-0.4, -0.2) is 98.0 Å². The van der Waals surface area contributed by atoms with Crippen LogP contribution in [0.3, 0.4) is 0 Å². The molecular formula is C21H27N3O6. The monoisotopic (exact) mass is 417 g/mol. The number of hydrogen-bond donors (Lipinski definition) is 0. The number of amides is 4. The predicted octanol–water partition coefficient (Wildman–Crippen LogP) is 0.397. The maximum atomic E-state index is 12.5. The van der Waals surface area contributed by atoms with Crippen molar-refractivity contribution in [1.29, 1.82) is 0 Å². The minimum atomic E-state index is -0.303. The highest BCUT2D eigenvalue weighted by Gasteiger charge is 2.34. The topological polar surface area (TPSA) is 96.5 Å². The number of carbonyl (C=O) groups excluding carboxylic acids is 4. The van der Waals surface area contributed by atoms with Gasteiger partial charge in [0.25, 0.3) is 11.8 Å². The highest BCUT2D eigenvalue weighted by molar-refractivity contribution is 6.21. The molecule has 9 nitrogen and oxygen atoms in total. The fraction of sp³-hybridized carbons (Fsp3) is 0.524. The lowest BCUT2D eigenvalue weighted by Gasteiger charge is -2.34. The third-order valence-electron chi connectivity index (χ3n) is 5.29. The molecule has 0 unspecified atom stereocenters. The minimum Gasteiger partial charge on any atom is -0.382 e. The second-order valence-corrected chi connectivity index (χ2v) is 7.22. The van der Waals surface area contributed by atoms with Crippen LogP contribution in [0.15, 0.2) is 24.3 Å². The lowest BCUT2D eigenvalue weighted by Crippen LogP contribution is -2.51. The summed E-state index contributed by atoms with van der Waals surface area (Å²) in [5.41, 5.74) is 0.835. The summed E-state index contributed by atoms with van der Waals surface area (Å²) in [7, 11) is 1.57. The molecule has 4 amide bonds. The smallest absolute Gasteiger partial charge is 0.261 e. The van der Waals surface area contributed by atoms with Crippen molar-refractivity contribution in [3.05, 3.63) is 35.4 Å². The number of fused-ring (bicyclic) bond motifs is 1.